The van der Waals surface area contributed by atoms with Crippen LogP contribution in [0.5, 0.6) is 0 Å². The Bertz CT molecular complexity index is 714. The van der Waals surface area contributed by atoms with Crippen molar-refractivity contribution in [1.29, 1.82) is 0 Å². The van der Waals surface area contributed by atoms with E-state index in [1.807, 2.05) is 6.20 Å². The summed E-state index contributed by atoms with van der Waals surface area (Å²) in [5.74, 6) is 0. The Morgan fingerprint density at radius 1 is 1.04 bits per heavy atom. The van der Waals surface area contributed by atoms with Crippen LogP contribution in [-0.2, 0) is 11.1 Å². The molecule has 1 saturated heterocycles. The smallest absolute Gasteiger partial charge is 0.111 e. The normalized spacial score (nSPS) is 16.8. The zero-order valence-electron chi connectivity index (χ0n) is 14.6. The van der Waals surface area contributed by atoms with E-state index in [0.29, 0.717) is 0 Å². The number of rotatable bonds is 4. The fourth-order valence-corrected chi connectivity index (χ4v) is 3.90. The lowest BCUT2D eigenvalue weighted by molar-refractivity contribution is 0.285. The van der Waals surface area contributed by atoms with Crippen molar-refractivity contribution in [2.75, 3.05) is 44.4 Å². The van der Waals surface area contributed by atoms with Crippen LogP contribution in [0.25, 0.3) is 0 Å². The van der Waals surface area contributed by atoms with Gasteiger partial charge in [-0.3, -0.25) is 9.88 Å². The second-order valence-corrected chi connectivity index (χ2v) is 10.1. The van der Waals surface area contributed by atoms with Gasteiger partial charge in [0, 0.05) is 44.2 Å². The fourth-order valence-electron chi connectivity index (χ4n) is 3.11. The zero-order chi connectivity index (χ0) is 17.0. The predicted molar refractivity (Wildman–Crippen MR) is 102 cm³/mol. The van der Waals surface area contributed by atoms with Gasteiger partial charge in [0.2, 0.25) is 0 Å². The van der Waals surface area contributed by atoms with Crippen LogP contribution in [0.3, 0.4) is 0 Å². The number of nitrogens with zero attached hydrogens (tertiary/aromatic N) is 3. The lowest BCUT2D eigenvalue weighted by Gasteiger charge is -2.24. The molecule has 24 heavy (non-hydrogen) atoms. The monoisotopic (exact) mass is 343 g/mol. The molecule has 0 bridgehead atoms. The molecule has 128 valence electrons. The second kappa shape index (κ2) is 7.50. The number of pyridine rings is 1. The Morgan fingerprint density at radius 3 is 2.58 bits per heavy atom. The quantitative estimate of drug-likeness (QED) is 0.800. The van der Waals surface area contributed by atoms with Gasteiger partial charge in [-0.15, -0.1) is 0 Å². The van der Waals surface area contributed by atoms with E-state index >= 15 is 0 Å². The number of aromatic nitrogens is 1. The predicted octanol–water partition coefficient (Wildman–Crippen LogP) is 3.04. The van der Waals surface area contributed by atoms with Crippen LogP contribution in [0, 0.1) is 0 Å². The first-order chi connectivity index (χ1) is 11.5. The van der Waals surface area contributed by atoms with Crippen LogP contribution in [-0.4, -0.2) is 49.4 Å². The molecule has 5 heteroatoms. The Hall–Kier alpha value is -1.64. The largest absolute Gasteiger partial charge is 0.369 e. The molecule has 1 aromatic carbocycles. The van der Waals surface area contributed by atoms with Crippen molar-refractivity contribution in [3.8, 4) is 0 Å². The average Bonchev–Trinajstić information content (AvgIpc) is 2.81. The second-order valence-electron chi connectivity index (χ2n) is 6.85. The summed E-state index contributed by atoms with van der Waals surface area (Å²) in [6, 6.07) is 12.7. The van der Waals surface area contributed by atoms with E-state index in [-0.39, 0.29) is 0 Å². The lowest BCUT2D eigenvalue weighted by atomic mass is 10.2. The Kier molecular flexibility index (Phi) is 5.37. The molecule has 0 spiro atoms. The maximum Gasteiger partial charge on any atom is 0.111 e. The zero-order valence-corrected chi connectivity index (χ0v) is 15.5. The first-order valence-electron chi connectivity index (χ1n) is 8.54. The highest BCUT2D eigenvalue weighted by Gasteiger charge is 2.18. The summed E-state index contributed by atoms with van der Waals surface area (Å²) in [4.78, 5) is 9.20. The first-order valence-corrected chi connectivity index (χ1v) is 11.1. The molecule has 2 heterocycles. The Labute approximate surface area is 144 Å². The average molecular weight is 343 g/mol. The van der Waals surface area contributed by atoms with Gasteiger partial charge in [-0.1, -0.05) is 30.3 Å². The van der Waals surface area contributed by atoms with Gasteiger partial charge in [-0.2, -0.15) is 0 Å². The van der Waals surface area contributed by atoms with Crippen LogP contribution < -0.4 is 10.2 Å². The van der Waals surface area contributed by atoms with Crippen molar-refractivity contribution in [1.82, 2.24) is 9.88 Å². The molecule has 1 aromatic heterocycles. The van der Waals surface area contributed by atoms with E-state index in [1.165, 1.54) is 5.56 Å². The van der Waals surface area contributed by atoms with Crippen molar-refractivity contribution >= 4 is 18.1 Å². The van der Waals surface area contributed by atoms with Crippen molar-refractivity contribution in [3.63, 3.8) is 0 Å². The first kappa shape index (κ1) is 17.2. The number of hydrogen-bond donors (Lipinski definition) is 0. The number of benzene rings is 1. The molecular weight excluding hydrogens is 317 g/mol. The molecule has 1 aliphatic heterocycles. The highest BCUT2D eigenvalue weighted by molar-refractivity contribution is 7.70. The minimum Gasteiger partial charge on any atom is -0.369 e. The van der Waals surface area contributed by atoms with E-state index in [9.17, 15) is 4.57 Å². The van der Waals surface area contributed by atoms with Crippen molar-refractivity contribution in [2.24, 2.45) is 0 Å². The molecule has 2 aromatic rings. The van der Waals surface area contributed by atoms with Gasteiger partial charge in [0.1, 0.15) is 7.14 Å². The molecule has 1 fully saturated rings. The molecule has 0 N–H and O–H groups in total. The highest BCUT2D eigenvalue weighted by atomic mass is 31.2. The summed E-state index contributed by atoms with van der Waals surface area (Å²) in [6.07, 6.45) is 4.77. The fraction of sp³-hybridized carbons (Fsp3) is 0.421. The molecular formula is C19H26N3OP. The van der Waals surface area contributed by atoms with Gasteiger partial charge >= 0.3 is 0 Å². The minimum absolute atomic E-state index is 0.866. The highest BCUT2D eigenvalue weighted by Crippen LogP contribution is 2.35. The van der Waals surface area contributed by atoms with Gasteiger partial charge in [0.25, 0.3) is 0 Å². The Morgan fingerprint density at radius 2 is 1.83 bits per heavy atom. The summed E-state index contributed by atoms with van der Waals surface area (Å²) >= 11 is 0. The van der Waals surface area contributed by atoms with Crippen molar-refractivity contribution in [2.45, 2.75) is 13.0 Å². The van der Waals surface area contributed by atoms with Gasteiger partial charge < -0.3 is 9.46 Å². The van der Waals surface area contributed by atoms with E-state index in [1.54, 1.807) is 19.5 Å². The molecule has 0 atom stereocenters. The van der Waals surface area contributed by atoms with E-state index in [2.05, 4.69) is 51.2 Å². The molecule has 0 radical (unpaired) electrons. The molecule has 0 unspecified atom stereocenters. The summed E-state index contributed by atoms with van der Waals surface area (Å²) in [5.41, 5.74) is 2.46. The van der Waals surface area contributed by atoms with Crippen molar-refractivity contribution in [3.05, 3.63) is 54.4 Å². The molecule has 1 aliphatic rings. The van der Waals surface area contributed by atoms with Crippen LogP contribution in [0.4, 0.5) is 5.69 Å². The minimum atomic E-state index is -2.26. The van der Waals surface area contributed by atoms with E-state index in [0.717, 1.165) is 50.1 Å². The molecule has 0 aliphatic carbocycles. The summed E-state index contributed by atoms with van der Waals surface area (Å²) in [6.45, 7) is 8.76. The third-order valence-corrected chi connectivity index (χ3v) is 6.02. The van der Waals surface area contributed by atoms with Crippen LogP contribution in [0.2, 0.25) is 0 Å². The summed E-state index contributed by atoms with van der Waals surface area (Å²) in [7, 11) is -2.26. The van der Waals surface area contributed by atoms with Gasteiger partial charge in [0.05, 0.1) is 11.9 Å². The van der Waals surface area contributed by atoms with Gasteiger partial charge in [-0.25, -0.2) is 0 Å². The number of anilines is 1. The summed E-state index contributed by atoms with van der Waals surface area (Å²) < 4.78 is 12.3. The summed E-state index contributed by atoms with van der Waals surface area (Å²) in [5, 5.41) is 0.866. The van der Waals surface area contributed by atoms with Crippen LogP contribution >= 0.6 is 7.14 Å². The topological polar surface area (TPSA) is 36.4 Å². The van der Waals surface area contributed by atoms with Crippen LogP contribution in [0.1, 0.15) is 12.0 Å². The third kappa shape index (κ3) is 4.46. The van der Waals surface area contributed by atoms with E-state index < -0.39 is 7.14 Å². The standard InChI is InChI=1S/C19H26N3OP/c1-24(2,23)19-13-18(14-20-15-19)22-10-6-9-21(11-12-22)16-17-7-4-3-5-8-17/h3-5,7-8,13-15H,6,9-12,16H2,1-2H3. The van der Waals surface area contributed by atoms with Gasteiger partial charge in [-0.05, 0) is 31.4 Å². The lowest BCUT2D eigenvalue weighted by Crippen LogP contribution is -2.31. The molecule has 3 rings (SSSR count). The Balaban J connectivity index is 1.66. The third-order valence-electron chi connectivity index (χ3n) is 4.53. The van der Waals surface area contributed by atoms with E-state index in [4.69, 9.17) is 0 Å². The molecule has 4 nitrogen and oxygen atoms in total. The van der Waals surface area contributed by atoms with Crippen molar-refractivity contribution < 1.29 is 4.57 Å². The maximum atomic E-state index is 12.3. The molecule has 0 amide bonds. The van der Waals surface area contributed by atoms with Gasteiger partial charge in [0.15, 0.2) is 0 Å². The number of hydrogen-bond acceptors (Lipinski definition) is 4. The van der Waals surface area contributed by atoms with Crippen LogP contribution in [0.15, 0.2) is 48.8 Å². The SMILES string of the molecule is CP(C)(=O)c1cncc(N2CCCN(Cc3ccccc3)CC2)c1. The molecule has 0 saturated carbocycles. The maximum absolute atomic E-state index is 12.3.